The lowest BCUT2D eigenvalue weighted by atomic mass is 10.1. The fraction of sp³-hybridized carbons (Fsp3) is 0.464. The van der Waals surface area contributed by atoms with Crippen molar-refractivity contribution in [3.05, 3.63) is 42.2 Å². The van der Waals surface area contributed by atoms with Gasteiger partial charge in [-0.25, -0.2) is 19.7 Å². The van der Waals surface area contributed by atoms with Gasteiger partial charge in [0.1, 0.15) is 5.82 Å². The highest BCUT2D eigenvalue weighted by atomic mass is 16.5. The Bertz CT molecular complexity index is 1310. The molecule has 2 aromatic heterocycles. The van der Waals surface area contributed by atoms with E-state index in [2.05, 4.69) is 57.8 Å². The highest BCUT2D eigenvalue weighted by molar-refractivity contribution is 6.04. The van der Waals surface area contributed by atoms with Crippen molar-refractivity contribution < 1.29 is 9.53 Å². The van der Waals surface area contributed by atoms with Gasteiger partial charge < -0.3 is 25.2 Å². The molecule has 1 fully saturated rings. The van der Waals surface area contributed by atoms with Gasteiger partial charge in [0, 0.05) is 81.2 Å². The van der Waals surface area contributed by atoms with E-state index in [-0.39, 0.29) is 12.0 Å². The van der Waals surface area contributed by atoms with Gasteiger partial charge in [-0.3, -0.25) is 9.80 Å². The predicted molar refractivity (Wildman–Crippen MR) is 158 cm³/mol. The molecule has 0 atom stereocenters. The highest BCUT2D eigenvalue weighted by Gasteiger charge is 2.33. The van der Waals surface area contributed by atoms with Crippen molar-refractivity contribution in [2.75, 3.05) is 99.0 Å². The third-order valence-electron chi connectivity index (χ3n) is 7.37. The molecule has 0 unspecified atom stereocenters. The summed E-state index contributed by atoms with van der Waals surface area (Å²) in [5.74, 6) is 1.39. The fourth-order valence-electron chi connectivity index (χ4n) is 5.00. The van der Waals surface area contributed by atoms with Crippen LogP contribution in [0.15, 0.2) is 36.7 Å². The molecular formula is C28H38N10O2. The van der Waals surface area contributed by atoms with E-state index < -0.39 is 0 Å². The molecule has 2 amide bonds. The molecule has 5 rings (SSSR count). The van der Waals surface area contributed by atoms with Crippen molar-refractivity contribution in [1.29, 1.82) is 0 Å². The minimum atomic E-state index is -0.141. The van der Waals surface area contributed by atoms with Crippen LogP contribution in [0.25, 0.3) is 11.3 Å². The Hall–Kier alpha value is -4.03. The summed E-state index contributed by atoms with van der Waals surface area (Å²) >= 11 is 0. The van der Waals surface area contributed by atoms with Gasteiger partial charge in [-0.2, -0.15) is 4.98 Å². The van der Waals surface area contributed by atoms with E-state index in [0.29, 0.717) is 51.0 Å². The summed E-state index contributed by atoms with van der Waals surface area (Å²) in [7, 11) is 5.96. The molecule has 0 radical (unpaired) electrons. The molecule has 0 saturated carbocycles. The first-order valence-electron chi connectivity index (χ1n) is 13.7. The lowest BCUT2D eigenvalue weighted by Gasteiger charge is -2.29. The molecule has 4 heterocycles. The monoisotopic (exact) mass is 546 g/mol. The van der Waals surface area contributed by atoms with Crippen molar-refractivity contribution in [3.63, 3.8) is 0 Å². The number of benzene rings is 1. The van der Waals surface area contributed by atoms with Gasteiger partial charge in [-0.1, -0.05) is 0 Å². The van der Waals surface area contributed by atoms with Crippen molar-refractivity contribution >= 4 is 35.1 Å². The summed E-state index contributed by atoms with van der Waals surface area (Å²) in [4.78, 5) is 42.0. The van der Waals surface area contributed by atoms with Crippen LogP contribution in [-0.4, -0.2) is 104 Å². The van der Waals surface area contributed by atoms with Gasteiger partial charge in [0.25, 0.3) is 0 Å². The number of anilines is 5. The topological polar surface area (TPSA) is 120 Å². The van der Waals surface area contributed by atoms with Crippen LogP contribution in [0.1, 0.15) is 12.5 Å². The third-order valence-corrected chi connectivity index (χ3v) is 7.37. The van der Waals surface area contributed by atoms with Gasteiger partial charge in [-0.05, 0) is 51.7 Å². The van der Waals surface area contributed by atoms with Crippen molar-refractivity contribution in [3.8, 4) is 11.3 Å². The smallest absolute Gasteiger partial charge is 0.329 e. The number of rotatable bonds is 8. The van der Waals surface area contributed by atoms with Crippen LogP contribution in [0.5, 0.6) is 0 Å². The zero-order valence-electron chi connectivity index (χ0n) is 23.7. The number of hydrogen-bond acceptors (Lipinski definition) is 10. The quantitative estimate of drug-likeness (QED) is 0.451. The molecular weight excluding hydrogens is 508 g/mol. The summed E-state index contributed by atoms with van der Waals surface area (Å²) in [5.41, 5.74) is 10.1. The van der Waals surface area contributed by atoms with Crippen LogP contribution in [0.3, 0.4) is 0 Å². The van der Waals surface area contributed by atoms with E-state index >= 15 is 0 Å². The molecule has 0 bridgehead atoms. The minimum absolute atomic E-state index is 0.141. The number of nitrogens with zero attached hydrogens (tertiary/aromatic N) is 9. The van der Waals surface area contributed by atoms with Crippen molar-refractivity contribution in [2.24, 2.45) is 0 Å². The molecule has 212 valence electrons. The second kappa shape index (κ2) is 12.0. The lowest BCUT2D eigenvalue weighted by Crippen LogP contribution is -2.41. The van der Waals surface area contributed by atoms with E-state index in [1.54, 1.807) is 29.2 Å². The molecule has 12 nitrogen and oxygen atoms in total. The second-order valence-corrected chi connectivity index (χ2v) is 10.2. The number of carbonyl (C=O) groups excluding carboxylic acids is 1. The van der Waals surface area contributed by atoms with Crippen LogP contribution in [0, 0.1) is 0 Å². The molecule has 1 aromatic carbocycles. The molecule has 1 saturated heterocycles. The summed E-state index contributed by atoms with van der Waals surface area (Å²) in [6, 6.07) is 8.01. The second-order valence-electron chi connectivity index (χ2n) is 10.2. The molecule has 2 aliphatic heterocycles. The zero-order chi connectivity index (χ0) is 28.2. The number of morpholine rings is 1. The number of ether oxygens (including phenoxy) is 1. The number of nitrogen functional groups attached to an aromatic ring is 1. The number of aromatic nitrogens is 4. The maximum absolute atomic E-state index is 13.8. The van der Waals surface area contributed by atoms with Crippen molar-refractivity contribution in [1.82, 2.24) is 24.8 Å². The van der Waals surface area contributed by atoms with Crippen LogP contribution >= 0.6 is 0 Å². The third kappa shape index (κ3) is 5.77. The first-order valence-corrected chi connectivity index (χ1v) is 13.7. The van der Waals surface area contributed by atoms with Gasteiger partial charge in [0.15, 0.2) is 0 Å². The Balaban J connectivity index is 1.42. The van der Waals surface area contributed by atoms with Gasteiger partial charge in [0.2, 0.25) is 11.9 Å². The number of fused-ring (bicyclic) bond motifs is 1. The fourth-order valence-corrected chi connectivity index (χ4v) is 5.00. The molecule has 3 aromatic rings. The van der Waals surface area contributed by atoms with Gasteiger partial charge in [0.05, 0.1) is 18.9 Å². The number of nitrogens with two attached hydrogens (primary N) is 1. The maximum atomic E-state index is 13.8. The average Bonchev–Trinajstić information content (AvgIpc) is 3.41. The Morgan fingerprint density at radius 2 is 1.65 bits per heavy atom. The highest BCUT2D eigenvalue weighted by Crippen LogP contribution is 2.36. The van der Waals surface area contributed by atoms with Crippen LogP contribution < -0.4 is 25.3 Å². The van der Waals surface area contributed by atoms with Gasteiger partial charge >= 0.3 is 6.03 Å². The first kappa shape index (κ1) is 27.5. The minimum Gasteiger partial charge on any atom is -0.378 e. The zero-order valence-corrected chi connectivity index (χ0v) is 23.7. The summed E-state index contributed by atoms with van der Waals surface area (Å²) in [5, 5.41) is 0. The van der Waals surface area contributed by atoms with E-state index in [4.69, 9.17) is 20.4 Å². The molecule has 2 N–H and O–H groups in total. The molecule has 0 aliphatic carbocycles. The summed E-state index contributed by atoms with van der Waals surface area (Å²) in [6.45, 7) is 8.06. The lowest BCUT2D eigenvalue weighted by molar-refractivity contribution is 0.122. The summed E-state index contributed by atoms with van der Waals surface area (Å²) < 4.78 is 5.53. The number of carbonyl (C=O) groups is 1. The number of urea groups is 1. The molecule has 2 aliphatic rings. The van der Waals surface area contributed by atoms with E-state index in [9.17, 15) is 4.79 Å². The molecule has 12 heteroatoms. The normalized spacial score (nSPS) is 14.9. The largest absolute Gasteiger partial charge is 0.378 e. The summed E-state index contributed by atoms with van der Waals surface area (Å²) in [6.07, 6.45) is 3.98. The number of amides is 2. The Morgan fingerprint density at radius 1 is 0.975 bits per heavy atom. The maximum Gasteiger partial charge on any atom is 0.329 e. The number of hydrogen-bond donors (Lipinski definition) is 1. The van der Waals surface area contributed by atoms with E-state index in [1.807, 2.05) is 12.1 Å². The Morgan fingerprint density at radius 3 is 2.30 bits per heavy atom. The SMILES string of the molecule is CCN(CCN(C)C)c1ccc(N(C)C(=O)N2CCc3c(-c4cnc(N)nc4)nc(N4CCOCC4)nc32)cc1. The Kier molecular flexibility index (Phi) is 8.27. The van der Waals surface area contributed by atoms with E-state index in [1.165, 1.54) is 0 Å². The van der Waals surface area contributed by atoms with Gasteiger partial charge in [-0.15, -0.1) is 0 Å². The van der Waals surface area contributed by atoms with Crippen LogP contribution in [0.4, 0.5) is 33.9 Å². The molecule has 0 spiro atoms. The average molecular weight is 547 g/mol. The van der Waals surface area contributed by atoms with E-state index in [0.717, 1.165) is 47.8 Å². The van der Waals surface area contributed by atoms with Crippen LogP contribution in [-0.2, 0) is 11.2 Å². The van der Waals surface area contributed by atoms with Crippen LogP contribution in [0.2, 0.25) is 0 Å². The van der Waals surface area contributed by atoms with Crippen molar-refractivity contribution in [2.45, 2.75) is 13.3 Å². The number of likely N-dealkylation sites (N-methyl/N-ethyl adjacent to an activating group) is 2. The predicted octanol–water partition coefficient (Wildman–Crippen LogP) is 2.36. The molecule has 40 heavy (non-hydrogen) atoms. The first-order chi connectivity index (χ1) is 19.4. The Labute approximate surface area is 235 Å². The standard InChI is InChI=1S/C28H38N10O2/c1-5-36(13-12-34(2)3)22-8-6-21(7-9-22)35(4)28(39)38-11-10-23-24(20-18-30-26(29)31-19-20)32-27(33-25(23)38)37-14-16-40-17-15-37/h6-9,18-19H,5,10-17H2,1-4H3,(H2,29,30,31).